The van der Waals surface area contributed by atoms with Gasteiger partial charge in [-0.05, 0) is 31.7 Å². The number of aromatic amines is 1. The minimum atomic E-state index is 0.219. The standard InChI is InChI=1S/C15H28N2/c1-7-14(5,8-2)12-11-13(17-16-12)15(6,9-3)10-4/h11H,7-10H2,1-6H3,(H,16,17). The summed E-state index contributed by atoms with van der Waals surface area (Å²) < 4.78 is 0. The Morgan fingerprint density at radius 1 is 0.941 bits per heavy atom. The van der Waals surface area contributed by atoms with Crippen LogP contribution in [-0.4, -0.2) is 10.2 Å². The molecule has 0 aliphatic heterocycles. The van der Waals surface area contributed by atoms with Gasteiger partial charge in [-0.1, -0.05) is 41.5 Å². The maximum atomic E-state index is 4.57. The molecule has 98 valence electrons. The molecule has 0 aromatic carbocycles. The van der Waals surface area contributed by atoms with Gasteiger partial charge in [-0.3, -0.25) is 5.10 Å². The zero-order valence-corrected chi connectivity index (χ0v) is 12.4. The van der Waals surface area contributed by atoms with Gasteiger partial charge in [0.2, 0.25) is 0 Å². The highest BCUT2D eigenvalue weighted by Gasteiger charge is 2.29. The number of H-pyrrole nitrogens is 1. The number of nitrogens with zero attached hydrogens (tertiary/aromatic N) is 1. The van der Waals surface area contributed by atoms with E-state index in [1.165, 1.54) is 11.4 Å². The van der Waals surface area contributed by atoms with Crippen molar-refractivity contribution in [3.63, 3.8) is 0 Å². The molecule has 1 aromatic rings. The van der Waals surface area contributed by atoms with Crippen molar-refractivity contribution in [2.75, 3.05) is 0 Å². The minimum Gasteiger partial charge on any atom is -0.282 e. The van der Waals surface area contributed by atoms with Gasteiger partial charge in [0, 0.05) is 16.5 Å². The van der Waals surface area contributed by atoms with Gasteiger partial charge in [0.1, 0.15) is 0 Å². The number of hydrogen-bond donors (Lipinski definition) is 1. The van der Waals surface area contributed by atoms with E-state index in [0.29, 0.717) is 0 Å². The highest BCUT2D eigenvalue weighted by atomic mass is 15.1. The van der Waals surface area contributed by atoms with Crippen LogP contribution in [0.3, 0.4) is 0 Å². The molecule has 1 rings (SSSR count). The predicted octanol–water partition coefficient (Wildman–Crippen LogP) is 4.57. The molecule has 1 N–H and O–H groups in total. The second-order valence-corrected chi connectivity index (χ2v) is 5.70. The Bertz CT molecular complexity index is 311. The summed E-state index contributed by atoms with van der Waals surface area (Å²) in [6.45, 7) is 13.6. The van der Waals surface area contributed by atoms with Crippen LogP contribution in [0.5, 0.6) is 0 Å². The molecule has 0 saturated heterocycles. The largest absolute Gasteiger partial charge is 0.282 e. The SMILES string of the molecule is CCC(C)(CC)c1cc(C(C)(CC)CC)[nH]n1. The lowest BCUT2D eigenvalue weighted by Crippen LogP contribution is -2.21. The Morgan fingerprint density at radius 2 is 1.41 bits per heavy atom. The van der Waals surface area contributed by atoms with Gasteiger partial charge in [-0.2, -0.15) is 5.10 Å². The van der Waals surface area contributed by atoms with Crippen molar-refractivity contribution in [1.29, 1.82) is 0 Å². The summed E-state index contributed by atoms with van der Waals surface area (Å²) in [4.78, 5) is 0. The minimum absolute atomic E-state index is 0.219. The Hall–Kier alpha value is -0.790. The molecule has 0 fully saturated rings. The average molecular weight is 236 g/mol. The summed E-state index contributed by atoms with van der Waals surface area (Å²) >= 11 is 0. The predicted molar refractivity (Wildman–Crippen MR) is 74.5 cm³/mol. The van der Waals surface area contributed by atoms with Crippen LogP contribution in [-0.2, 0) is 10.8 Å². The van der Waals surface area contributed by atoms with E-state index in [1.807, 2.05) is 0 Å². The molecule has 0 aliphatic rings. The van der Waals surface area contributed by atoms with Crippen LogP contribution in [0.25, 0.3) is 0 Å². The number of nitrogens with one attached hydrogen (secondary N) is 1. The molecule has 0 spiro atoms. The fourth-order valence-electron chi connectivity index (χ4n) is 2.18. The van der Waals surface area contributed by atoms with Crippen LogP contribution in [0.15, 0.2) is 6.07 Å². The van der Waals surface area contributed by atoms with Crippen LogP contribution >= 0.6 is 0 Å². The molecule has 2 nitrogen and oxygen atoms in total. The molecular formula is C15H28N2. The van der Waals surface area contributed by atoms with Gasteiger partial charge in [-0.25, -0.2) is 0 Å². The first-order chi connectivity index (χ1) is 7.95. The van der Waals surface area contributed by atoms with Crippen molar-refractivity contribution in [3.05, 3.63) is 17.5 Å². The van der Waals surface area contributed by atoms with Crippen molar-refractivity contribution in [2.45, 2.75) is 78.1 Å². The van der Waals surface area contributed by atoms with Crippen molar-refractivity contribution in [2.24, 2.45) is 0 Å². The van der Waals surface area contributed by atoms with E-state index in [-0.39, 0.29) is 10.8 Å². The summed E-state index contributed by atoms with van der Waals surface area (Å²) in [5, 5.41) is 7.84. The van der Waals surface area contributed by atoms with Crippen LogP contribution < -0.4 is 0 Å². The average Bonchev–Trinajstić information content (AvgIpc) is 2.87. The first-order valence-corrected chi connectivity index (χ1v) is 7.02. The first kappa shape index (κ1) is 14.3. The van der Waals surface area contributed by atoms with E-state index in [0.717, 1.165) is 25.7 Å². The van der Waals surface area contributed by atoms with Gasteiger partial charge in [0.05, 0.1) is 5.69 Å². The van der Waals surface area contributed by atoms with Gasteiger partial charge in [0.15, 0.2) is 0 Å². The van der Waals surface area contributed by atoms with E-state index in [2.05, 4.69) is 57.8 Å². The molecular weight excluding hydrogens is 208 g/mol. The number of aromatic nitrogens is 2. The number of hydrogen-bond acceptors (Lipinski definition) is 1. The third-order valence-electron chi connectivity index (χ3n) is 4.97. The molecule has 17 heavy (non-hydrogen) atoms. The second kappa shape index (κ2) is 5.24. The Morgan fingerprint density at radius 3 is 1.82 bits per heavy atom. The molecule has 0 saturated carbocycles. The maximum Gasteiger partial charge on any atom is 0.0683 e. The van der Waals surface area contributed by atoms with Gasteiger partial charge in [0.25, 0.3) is 0 Å². The van der Waals surface area contributed by atoms with Gasteiger partial charge >= 0.3 is 0 Å². The molecule has 0 atom stereocenters. The van der Waals surface area contributed by atoms with Crippen molar-refractivity contribution >= 4 is 0 Å². The molecule has 1 heterocycles. The molecule has 1 aromatic heterocycles. The molecule has 0 amide bonds. The van der Waals surface area contributed by atoms with Crippen molar-refractivity contribution < 1.29 is 0 Å². The van der Waals surface area contributed by atoms with Crippen LogP contribution in [0.1, 0.15) is 78.6 Å². The lowest BCUT2D eigenvalue weighted by Gasteiger charge is -2.26. The molecule has 0 radical (unpaired) electrons. The summed E-state index contributed by atoms with van der Waals surface area (Å²) in [5.41, 5.74) is 2.99. The van der Waals surface area contributed by atoms with Crippen LogP contribution in [0.4, 0.5) is 0 Å². The van der Waals surface area contributed by atoms with E-state index < -0.39 is 0 Å². The van der Waals surface area contributed by atoms with Crippen LogP contribution in [0, 0.1) is 0 Å². The van der Waals surface area contributed by atoms with E-state index in [9.17, 15) is 0 Å². The quantitative estimate of drug-likeness (QED) is 0.770. The molecule has 0 unspecified atom stereocenters. The third kappa shape index (κ3) is 2.56. The highest BCUT2D eigenvalue weighted by molar-refractivity contribution is 5.23. The normalized spacial score (nSPS) is 13.1. The Labute approximate surface area is 106 Å². The Balaban J connectivity index is 3.07. The zero-order valence-electron chi connectivity index (χ0n) is 12.4. The number of rotatable bonds is 6. The lowest BCUT2D eigenvalue weighted by molar-refractivity contribution is 0.424. The zero-order chi connectivity index (χ0) is 13.1. The summed E-state index contributed by atoms with van der Waals surface area (Å²) in [7, 11) is 0. The van der Waals surface area contributed by atoms with Crippen molar-refractivity contribution in [3.8, 4) is 0 Å². The topological polar surface area (TPSA) is 28.7 Å². The first-order valence-electron chi connectivity index (χ1n) is 7.02. The molecule has 2 heteroatoms. The smallest absolute Gasteiger partial charge is 0.0683 e. The molecule has 0 bridgehead atoms. The summed E-state index contributed by atoms with van der Waals surface area (Å²) in [5.74, 6) is 0. The van der Waals surface area contributed by atoms with Gasteiger partial charge < -0.3 is 0 Å². The fraction of sp³-hybridized carbons (Fsp3) is 0.800. The Kier molecular flexibility index (Phi) is 4.40. The van der Waals surface area contributed by atoms with Crippen molar-refractivity contribution in [1.82, 2.24) is 10.2 Å². The van der Waals surface area contributed by atoms with Crippen LogP contribution in [0.2, 0.25) is 0 Å². The van der Waals surface area contributed by atoms with E-state index in [4.69, 9.17) is 0 Å². The lowest BCUT2D eigenvalue weighted by atomic mass is 9.78. The van der Waals surface area contributed by atoms with Gasteiger partial charge in [-0.15, -0.1) is 0 Å². The highest BCUT2D eigenvalue weighted by Crippen LogP contribution is 2.34. The monoisotopic (exact) mass is 236 g/mol. The third-order valence-corrected chi connectivity index (χ3v) is 4.97. The maximum absolute atomic E-state index is 4.57. The summed E-state index contributed by atoms with van der Waals surface area (Å²) in [6, 6.07) is 2.29. The second-order valence-electron chi connectivity index (χ2n) is 5.70. The summed E-state index contributed by atoms with van der Waals surface area (Å²) in [6.07, 6.45) is 4.59. The van der Waals surface area contributed by atoms with E-state index in [1.54, 1.807) is 0 Å². The fourth-order valence-corrected chi connectivity index (χ4v) is 2.18. The molecule has 0 aliphatic carbocycles. The van der Waals surface area contributed by atoms with E-state index >= 15 is 0 Å².